The van der Waals surface area contributed by atoms with Gasteiger partial charge in [-0.15, -0.1) is 0 Å². The molecule has 1 N–H and O–H groups in total. The molecule has 8 heteroatoms. The van der Waals surface area contributed by atoms with E-state index in [9.17, 15) is 18.8 Å². The lowest BCUT2D eigenvalue weighted by atomic mass is 10.2. The Labute approximate surface area is 173 Å². The van der Waals surface area contributed by atoms with E-state index in [2.05, 4.69) is 27.8 Å². The van der Waals surface area contributed by atoms with Gasteiger partial charge in [0.25, 0.3) is 17.1 Å². The molecule has 1 aliphatic rings. The number of anilines is 1. The van der Waals surface area contributed by atoms with Gasteiger partial charge in [0.1, 0.15) is 5.82 Å². The van der Waals surface area contributed by atoms with Crippen molar-refractivity contribution in [3.8, 4) is 0 Å². The van der Waals surface area contributed by atoms with Gasteiger partial charge in [0.2, 0.25) is 0 Å². The van der Waals surface area contributed by atoms with Crippen LogP contribution in [0.2, 0.25) is 0 Å². The molecule has 2 aromatic rings. The van der Waals surface area contributed by atoms with E-state index >= 15 is 0 Å². The lowest BCUT2D eigenvalue weighted by Crippen LogP contribution is -2.27. The number of nitrogens with one attached hydrogen (secondary N) is 1. The van der Waals surface area contributed by atoms with E-state index in [1.165, 1.54) is 24.3 Å². The fraction of sp³-hybridized carbons (Fsp3) is 0.0500. The first kappa shape index (κ1) is 20.0. The molecule has 5 nitrogen and oxygen atoms in total. The SMILES string of the molecule is C=C(Br)C(=O)Nc1ccc(/C=C2\SC(=O)N(Cc3ccc(F)cc3)C2=O)cc1. The number of carbonyl (C=O) groups is 3. The maximum absolute atomic E-state index is 13.0. The van der Waals surface area contributed by atoms with Gasteiger partial charge in [0.15, 0.2) is 0 Å². The second-order valence-corrected chi connectivity index (χ2v) is 7.83. The summed E-state index contributed by atoms with van der Waals surface area (Å²) in [6.07, 6.45) is 1.62. The predicted octanol–water partition coefficient (Wildman–Crippen LogP) is 4.91. The number of hydrogen-bond donors (Lipinski definition) is 1. The Morgan fingerprint density at radius 3 is 2.39 bits per heavy atom. The normalized spacial score (nSPS) is 15.2. The van der Waals surface area contributed by atoms with Crippen molar-refractivity contribution in [2.75, 3.05) is 5.32 Å². The third kappa shape index (κ3) is 4.76. The minimum absolute atomic E-state index is 0.0870. The maximum atomic E-state index is 13.0. The number of rotatable bonds is 5. The van der Waals surface area contributed by atoms with E-state index in [4.69, 9.17) is 0 Å². The molecule has 3 amide bonds. The summed E-state index contributed by atoms with van der Waals surface area (Å²) in [4.78, 5) is 37.7. The number of imide groups is 1. The molecule has 0 atom stereocenters. The average Bonchev–Trinajstić information content (AvgIpc) is 2.92. The Morgan fingerprint density at radius 1 is 1.14 bits per heavy atom. The second kappa shape index (κ2) is 8.53. The van der Waals surface area contributed by atoms with E-state index in [1.807, 2.05) is 0 Å². The van der Waals surface area contributed by atoms with Crippen molar-refractivity contribution in [2.24, 2.45) is 0 Å². The molecule has 0 spiro atoms. The Hall–Kier alpha value is -2.71. The second-order valence-electron chi connectivity index (χ2n) is 5.88. The third-order valence-corrected chi connectivity index (χ3v) is 5.11. The van der Waals surface area contributed by atoms with Gasteiger partial charge in [-0.25, -0.2) is 4.39 Å². The van der Waals surface area contributed by atoms with Crippen molar-refractivity contribution < 1.29 is 18.8 Å². The van der Waals surface area contributed by atoms with Gasteiger partial charge in [-0.2, -0.15) is 0 Å². The maximum Gasteiger partial charge on any atom is 0.293 e. The Morgan fingerprint density at radius 2 is 1.79 bits per heavy atom. The number of thioether (sulfide) groups is 1. The summed E-state index contributed by atoms with van der Waals surface area (Å²) in [6, 6.07) is 12.5. The molecule has 0 unspecified atom stereocenters. The number of hydrogen-bond acceptors (Lipinski definition) is 4. The standard InChI is InChI=1S/C20H14BrFN2O3S/c1-12(21)18(25)23-16-8-4-13(5-9-16)10-17-19(26)24(20(27)28-17)11-14-2-6-15(22)7-3-14/h2-10H,1,11H2,(H,23,25)/b17-10-. The molecule has 0 bridgehead atoms. The summed E-state index contributed by atoms with van der Waals surface area (Å²) in [6.45, 7) is 3.58. The molecule has 0 aliphatic carbocycles. The van der Waals surface area contributed by atoms with E-state index in [0.29, 0.717) is 21.7 Å². The molecule has 2 aromatic carbocycles. The quantitative estimate of drug-likeness (QED) is 0.643. The van der Waals surface area contributed by atoms with Crippen LogP contribution in [0, 0.1) is 5.82 Å². The molecule has 0 saturated carbocycles. The van der Waals surface area contributed by atoms with Crippen LogP contribution in [-0.2, 0) is 16.1 Å². The topological polar surface area (TPSA) is 66.5 Å². The summed E-state index contributed by atoms with van der Waals surface area (Å²) >= 11 is 3.86. The number of carbonyl (C=O) groups excluding carboxylic acids is 3. The van der Waals surface area contributed by atoms with Crippen LogP contribution in [0.4, 0.5) is 14.9 Å². The fourth-order valence-electron chi connectivity index (χ4n) is 2.42. The fourth-order valence-corrected chi connectivity index (χ4v) is 3.36. The van der Waals surface area contributed by atoms with Crippen molar-refractivity contribution >= 4 is 56.5 Å². The zero-order chi connectivity index (χ0) is 20.3. The van der Waals surface area contributed by atoms with Gasteiger partial charge in [-0.3, -0.25) is 19.3 Å². The van der Waals surface area contributed by atoms with Crippen LogP contribution in [0.3, 0.4) is 0 Å². The van der Waals surface area contributed by atoms with Gasteiger partial charge in [0, 0.05) is 5.69 Å². The Balaban J connectivity index is 1.71. The molecule has 0 aromatic heterocycles. The molecule has 142 valence electrons. The first-order valence-electron chi connectivity index (χ1n) is 8.09. The highest BCUT2D eigenvalue weighted by Crippen LogP contribution is 2.33. The molecular weight excluding hydrogens is 447 g/mol. The van der Waals surface area contributed by atoms with Crippen molar-refractivity contribution in [1.82, 2.24) is 4.90 Å². The number of benzene rings is 2. The minimum atomic E-state index is -0.396. The van der Waals surface area contributed by atoms with Crippen LogP contribution in [-0.4, -0.2) is 22.0 Å². The first-order valence-corrected chi connectivity index (χ1v) is 9.70. The summed E-state index contributed by atoms with van der Waals surface area (Å²) in [5, 5.41) is 2.27. The van der Waals surface area contributed by atoms with Crippen molar-refractivity contribution in [1.29, 1.82) is 0 Å². The largest absolute Gasteiger partial charge is 0.322 e. The third-order valence-electron chi connectivity index (χ3n) is 3.84. The van der Waals surface area contributed by atoms with Crippen molar-refractivity contribution in [3.63, 3.8) is 0 Å². The van der Waals surface area contributed by atoms with Crippen LogP contribution in [0.25, 0.3) is 6.08 Å². The number of nitrogens with zero attached hydrogens (tertiary/aromatic N) is 1. The van der Waals surface area contributed by atoms with E-state index < -0.39 is 5.91 Å². The van der Waals surface area contributed by atoms with Gasteiger partial charge in [0.05, 0.1) is 15.9 Å². The van der Waals surface area contributed by atoms with Crippen LogP contribution in [0.5, 0.6) is 0 Å². The molecule has 3 rings (SSSR count). The number of amides is 3. The first-order chi connectivity index (χ1) is 13.3. The van der Waals surface area contributed by atoms with Gasteiger partial charge in [-0.1, -0.05) is 30.8 Å². The van der Waals surface area contributed by atoms with Gasteiger partial charge in [-0.05, 0) is 69.2 Å². The monoisotopic (exact) mass is 460 g/mol. The lowest BCUT2D eigenvalue weighted by molar-refractivity contribution is -0.123. The van der Waals surface area contributed by atoms with E-state index in [1.54, 1.807) is 30.3 Å². The highest BCUT2D eigenvalue weighted by Gasteiger charge is 2.34. The Bertz CT molecular complexity index is 988. The smallest absolute Gasteiger partial charge is 0.293 e. The van der Waals surface area contributed by atoms with Crippen LogP contribution < -0.4 is 5.32 Å². The average molecular weight is 461 g/mol. The number of halogens is 2. The van der Waals surface area contributed by atoms with Gasteiger partial charge < -0.3 is 5.32 Å². The van der Waals surface area contributed by atoms with E-state index in [0.717, 1.165) is 16.7 Å². The zero-order valence-electron chi connectivity index (χ0n) is 14.4. The lowest BCUT2D eigenvalue weighted by Gasteiger charge is -2.12. The predicted molar refractivity (Wildman–Crippen MR) is 111 cm³/mol. The highest BCUT2D eigenvalue weighted by molar-refractivity contribution is 9.12. The molecule has 1 fully saturated rings. The Kier molecular flexibility index (Phi) is 6.11. The van der Waals surface area contributed by atoms with Crippen molar-refractivity contribution in [3.05, 3.63) is 81.4 Å². The minimum Gasteiger partial charge on any atom is -0.322 e. The van der Waals surface area contributed by atoms with Gasteiger partial charge >= 0.3 is 0 Å². The molecule has 1 heterocycles. The van der Waals surface area contributed by atoms with Crippen LogP contribution in [0.15, 0.2) is 64.5 Å². The summed E-state index contributed by atoms with van der Waals surface area (Å²) < 4.78 is 13.2. The van der Waals surface area contributed by atoms with Crippen molar-refractivity contribution in [2.45, 2.75) is 6.54 Å². The van der Waals surface area contributed by atoms with Crippen LogP contribution >= 0.6 is 27.7 Å². The molecule has 0 radical (unpaired) electrons. The molecule has 1 aliphatic heterocycles. The molecular formula is C20H14BrFN2O3S. The van der Waals surface area contributed by atoms with E-state index in [-0.39, 0.29) is 28.0 Å². The summed E-state index contributed by atoms with van der Waals surface area (Å²) in [7, 11) is 0. The zero-order valence-corrected chi connectivity index (χ0v) is 16.8. The summed E-state index contributed by atoms with van der Waals surface area (Å²) in [5.74, 6) is -1.13. The molecule has 28 heavy (non-hydrogen) atoms. The molecule has 1 saturated heterocycles. The van der Waals surface area contributed by atoms with Crippen LogP contribution in [0.1, 0.15) is 11.1 Å². The summed E-state index contributed by atoms with van der Waals surface area (Å²) in [5.41, 5.74) is 1.95. The highest BCUT2D eigenvalue weighted by atomic mass is 79.9.